The van der Waals surface area contributed by atoms with Crippen LogP contribution in [0, 0.1) is 5.41 Å². The van der Waals surface area contributed by atoms with Crippen molar-refractivity contribution in [1.29, 1.82) is 0 Å². The van der Waals surface area contributed by atoms with Crippen LogP contribution in [-0.4, -0.2) is 49.8 Å². The minimum absolute atomic E-state index is 0. The number of thioether (sulfide) groups is 1. The van der Waals surface area contributed by atoms with Crippen molar-refractivity contribution in [3.63, 3.8) is 0 Å². The van der Waals surface area contributed by atoms with Crippen LogP contribution >= 0.6 is 24.2 Å². The zero-order valence-electron chi connectivity index (χ0n) is 12.3. The molecule has 0 saturated carbocycles. The molecule has 1 rings (SSSR count). The molecule has 4 nitrogen and oxygen atoms in total. The molecule has 0 aliphatic carbocycles. The molecule has 2 atom stereocenters. The summed E-state index contributed by atoms with van der Waals surface area (Å²) in [6.07, 6.45) is 0.614. The van der Waals surface area contributed by atoms with E-state index in [1.165, 1.54) is 0 Å². The molecule has 2 unspecified atom stereocenters. The first-order valence-corrected chi connectivity index (χ1v) is 7.69. The number of methoxy groups -OCH3 is 1. The van der Waals surface area contributed by atoms with E-state index in [9.17, 15) is 4.79 Å². The van der Waals surface area contributed by atoms with Crippen LogP contribution in [0.1, 0.15) is 27.2 Å². The van der Waals surface area contributed by atoms with E-state index in [0.29, 0.717) is 19.0 Å². The van der Waals surface area contributed by atoms with E-state index in [1.807, 2.05) is 11.8 Å². The van der Waals surface area contributed by atoms with Gasteiger partial charge in [-0.1, -0.05) is 20.8 Å². The quantitative estimate of drug-likeness (QED) is 0.811. The van der Waals surface area contributed by atoms with Gasteiger partial charge in [-0.3, -0.25) is 4.79 Å². The average molecular weight is 311 g/mol. The Kier molecular flexibility index (Phi) is 9.07. The molecule has 6 heteroatoms. The molecule has 1 amide bonds. The van der Waals surface area contributed by atoms with E-state index >= 15 is 0 Å². The van der Waals surface area contributed by atoms with Crippen LogP contribution in [0.15, 0.2) is 0 Å². The minimum atomic E-state index is 0. The molecule has 0 spiro atoms. The zero-order chi connectivity index (χ0) is 13.6. The summed E-state index contributed by atoms with van der Waals surface area (Å²) in [5.74, 6) is 2.29. The number of ether oxygens (including phenoxy) is 1. The SMILES string of the molecule is COC(CNC(=O)CC1CSCCN1)C(C)(C)C.Cl. The Morgan fingerprint density at radius 1 is 1.53 bits per heavy atom. The number of hydrogen-bond acceptors (Lipinski definition) is 4. The van der Waals surface area contributed by atoms with Crippen LogP contribution in [0.4, 0.5) is 0 Å². The minimum Gasteiger partial charge on any atom is -0.379 e. The number of carbonyl (C=O) groups is 1. The van der Waals surface area contributed by atoms with Gasteiger partial charge in [0.05, 0.1) is 6.10 Å². The lowest BCUT2D eigenvalue weighted by atomic mass is 9.89. The van der Waals surface area contributed by atoms with E-state index in [1.54, 1.807) is 7.11 Å². The molecule has 1 saturated heterocycles. The van der Waals surface area contributed by atoms with Crippen LogP contribution in [0.5, 0.6) is 0 Å². The molecule has 114 valence electrons. The Hall–Kier alpha value is 0.0300. The van der Waals surface area contributed by atoms with Crippen molar-refractivity contribution in [3.05, 3.63) is 0 Å². The number of hydrogen-bond donors (Lipinski definition) is 2. The van der Waals surface area contributed by atoms with Crippen molar-refractivity contribution >= 4 is 30.1 Å². The molecule has 0 radical (unpaired) electrons. The summed E-state index contributed by atoms with van der Waals surface area (Å²) in [5, 5.41) is 6.34. The molecule has 0 bridgehead atoms. The second-order valence-electron chi connectivity index (χ2n) is 5.82. The molecule has 0 aromatic heterocycles. The van der Waals surface area contributed by atoms with Gasteiger partial charge in [-0.25, -0.2) is 0 Å². The fraction of sp³-hybridized carbons (Fsp3) is 0.923. The van der Waals surface area contributed by atoms with Gasteiger partial charge >= 0.3 is 0 Å². The van der Waals surface area contributed by atoms with Crippen LogP contribution in [0.3, 0.4) is 0 Å². The number of amides is 1. The third-order valence-electron chi connectivity index (χ3n) is 3.17. The summed E-state index contributed by atoms with van der Waals surface area (Å²) in [6.45, 7) is 7.94. The second kappa shape index (κ2) is 9.06. The molecule has 1 fully saturated rings. The maximum absolute atomic E-state index is 11.8. The molecule has 1 aliphatic rings. The number of nitrogens with one attached hydrogen (secondary N) is 2. The Morgan fingerprint density at radius 3 is 2.68 bits per heavy atom. The second-order valence-corrected chi connectivity index (χ2v) is 6.97. The van der Waals surface area contributed by atoms with Gasteiger partial charge in [-0.05, 0) is 5.41 Å². The maximum atomic E-state index is 11.8. The lowest BCUT2D eigenvalue weighted by Crippen LogP contribution is -2.44. The largest absolute Gasteiger partial charge is 0.379 e. The number of halogens is 1. The predicted octanol–water partition coefficient (Wildman–Crippen LogP) is 1.68. The Labute approximate surface area is 127 Å². The average Bonchev–Trinajstić information content (AvgIpc) is 2.29. The summed E-state index contributed by atoms with van der Waals surface area (Å²) in [6, 6.07) is 0.319. The van der Waals surface area contributed by atoms with Gasteiger partial charge in [0.1, 0.15) is 0 Å². The first-order chi connectivity index (χ1) is 8.43. The van der Waals surface area contributed by atoms with E-state index in [-0.39, 0.29) is 29.8 Å². The predicted molar refractivity (Wildman–Crippen MR) is 84.2 cm³/mol. The summed E-state index contributed by atoms with van der Waals surface area (Å²) < 4.78 is 5.42. The van der Waals surface area contributed by atoms with Crippen LogP contribution in [-0.2, 0) is 9.53 Å². The lowest BCUT2D eigenvalue weighted by molar-refractivity contribution is -0.122. The van der Waals surface area contributed by atoms with Gasteiger partial charge in [-0.15, -0.1) is 12.4 Å². The molecule has 0 aromatic rings. The molecular weight excluding hydrogens is 284 g/mol. The van der Waals surface area contributed by atoms with E-state index < -0.39 is 0 Å². The van der Waals surface area contributed by atoms with Crippen molar-refractivity contribution in [2.45, 2.75) is 39.3 Å². The van der Waals surface area contributed by atoms with Gasteiger partial charge in [0, 0.05) is 44.2 Å². The maximum Gasteiger partial charge on any atom is 0.221 e. The Morgan fingerprint density at radius 2 is 2.21 bits per heavy atom. The van der Waals surface area contributed by atoms with E-state index in [0.717, 1.165) is 18.1 Å². The summed E-state index contributed by atoms with van der Waals surface area (Å²) >= 11 is 1.91. The zero-order valence-corrected chi connectivity index (χ0v) is 14.0. The number of rotatable bonds is 5. The van der Waals surface area contributed by atoms with Crippen molar-refractivity contribution in [2.75, 3.05) is 31.7 Å². The Bertz CT molecular complexity index is 266. The molecule has 1 aliphatic heterocycles. The van der Waals surface area contributed by atoms with Crippen LogP contribution in [0.25, 0.3) is 0 Å². The monoisotopic (exact) mass is 310 g/mol. The summed E-state index contributed by atoms with van der Waals surface area (Å²) in [5.41, 5.74) is 0.0426. The van der Waals surface area contributed by atoms with Gasteiger partial charge in [-0.2, -0.15) is 11.8 Å². The highest BCUT2D eigenvalue weighted by Crippen LogP contribution is 2.21. The topological polar surface area (TPSA) is 50.4 Å². The fourth-order valence-corrected chi connectivity index (χ4v) is 2.95. The first kappa shape index (κ1) is 19.0. The fourth-order valence-electron chi connectivity index (χ4n) is 2.00. The third kappa shape index (κ3) is 7.40. The highest BCUT2D eigenvalue weighted by Gasteiger charge is 2.25. The smallest absolute Gasteiger partial charge is 0.221 e. The lowest BCUT2D eigenvalue weighted by Gasteiger charge is -2.30. The molecule has 19 heavy (non-hydrogen) atoms. The van der Waals surface area contributed by atoms with E-state index in [2.05, 4.69) is 31.4 Å². The van der Waals surface area contributed by atoms with Crippen LogP contribution in [0.2, 0.25) is 0 Å². The van der Waals surface area contributed by atoms with Gasteiger partial charge in [0.15, 0.2) is 0 Å². The van der Waals surface area contributed by atoms with Crippen molar-refractivity contribution in [1.82, 2.24) is 10.6 Å². The molecule has 2 N–H and O–H groups in total. The molecule has 0 aromatic carbocycles. The van der Waals surface area contributed by atoms with Crippen molar-refractivity contribution in [3.8, 4) is 0 Å². The Balaban J connectivity index is 0.00000324. The van der Waals surface area contributed by atoms with E-state index in [4.69, 9.17) is 4.74 Å². The first-order valence-electron chi connectivity index (χ1n) is 6.54. The highest BCUT2D eigenvalue weighted by atomic mass is 35.5. The summed E-state index contributed by atoms with van der Waals surface area (Å²) in [4.78, 5) is 11.8. The summed E-state index contributed by atoms with van der Waals surface area (Å²) in [7, 11) is 1.70. The third-order valence-corrected chi connectivity index (χ3v) is 4.30. The molecular formula is C13H27ClN2O2S. The van der Waals surface area contributed by atoms with Crippen molar-refractivity contribution < 1.29 is 9.53 Å². The normalized spacial score (nSPS) is 21.4. The van der Waals surface area contributed by atoms with Crippen LogP contribution < -0.4 is 10.6 Å². The van der Waals surface area contributed by atoms with Gasteiger partial charge in [0.25, 0.3) is 0 Å². The van der Waals surface area contributed by atoms with Gasteiger partial charge in [0.2, 0.25) is 5.91 Å². The standard InChI is InChI=1S/C13H26N2O2S.ClH/c1-13(2,3)11(17-4)8-15-12(16)7-10-9-18-6-5-14-10;/h10-11,14H,5-9H2,1-4H3,(H,15,16);1H. The molecule has 1 heterocycles. The van der Waals surface area contributed by atoms with Crippen molar-refractivity contribution in [2.24, 2.45) is 5.41 Å². The number of carbonyl (C=O) groups excluding carboxylic acids is 1. The highest BCUT2D eigenvalue weighted by molar-refractivity contribution is 7.99. The van der Waals surface area contributed by atoms with Gasteiger partial charge < -0.3 is 15.4 Å².